The zero-order valence-electron chi connectivity index (χ0n) is 8.00. The van der Waals surface area contributed by atoms with Gasteiger partial charge in [0.25, 0.3) is 0 Å². The molecule has 13 heavy (non-hydrogen) atoms. The summed E-state index contributed by atoms with van der Waals surface area (Å²) in [5.41, 5.74) is 2.37. The van der Waals surface area contributed by atoms with Gasteiger partial charge in [0.05, 0.1) is 12.5 Å². The van der Waals surface area contributed by atoms with Gasteiger partial charge in [0.2, 0.25) is 0 Å². The van der Waals surface area contributed by atoms with Crippen LogP contribution in [0.4, 0.5) is 0 Å². The van der Waals surface area contributed by atoms with Crippen LogP contribution < -0.4 is 4.74 Å². The second kappa shape index (κ2) is 4.51. The van der Waals surface area contributed by atoms with Crippen molar-refractivity contribution in [2.24, 2.45) is 0 Å². The fourth-order valence-electron chi connectivity index (χ4n) is 1.23. The normalized spacial score (nSPS) is 9.31. The summed E-state index contributed by atoms with van der Waals surface area (Å²) >= 11 is 0. The van der Waals surface area contributed by atoms with Gasteiger partial charge in [0, 0.05) is 0 Å². The van der Waals surface area contributed by atoms with Gasteiger partial charge in [-0.05, 0) is 37.1 Å². The van der Waals surface area contributed by atoms with Crippen molar-refractivity contribution in [3.8, 4) is 11.8 Å². The molecular weight excluding hydrogens is 162 g/mol. The van der Waals surface area contributed by atoms with Crippen LogP contribution in [-0.4, -0.2) is 6.61 Å². The van der Waals surface area contributed by atoms with Gasteiger partial charge in [-0.2, -0.15) is 5.26 Å². The van der Waals surface area contributed by atoms with Gasteiger partial charge in [0.1, 0.15) is 12.4 Å². The molecule has 0 fully saturated rings. The third-order valence-electron chi connectivity index (χ3n) is 1.68. The SMILES string of the molecule is Cc1cc(C)cc(OCCC#N)c1. The van der Waals surface area contributed by atoms with Crippen LogP contribution in [0.2, 0.25) is 0 Å². The predicted octanol–water partition coefficient (Wildman–Crippen LogP) is 2.60. The molecule has 0 N–H and O–H groups in total. The Balaban J connectivity index is 2.62. The van der Waals surface area contributed by atoms with Gasteiger partial charge >= 0.3 is 0 Å². The van der Waals surface area contributed by atoms with Crippen LogP contribution in [0.5, 0.6) is 5.75 Å². The first-order valence-electron chi connectivity index (χ1n) is 4.30. The van der Waals surface area contributed by atoms with Gasteiger partial charge in [-0.25, -0.2) is 0 Å². The maximum absolute atomic E-state index is 8.32. The van der Waals surface area contributed by atoms with Crippen molar-refractivity contribution in [2.75, 3.05) is 6.61 Å². The molecule has 0 bridgehead atoms. The minimum absolute atomic E-state index is 0.437. The van der Waals surface area contributed by atoms with Gasteiger partial charge in [-0.1, -0.05) is 6.07 Å². The molecule has 1 aromatic rings. The lowest BCUT2D eigenvalue weighted by Gasteiger charge is -2.05. The second-order valence-electron chi connectivity index (χ2n) is 3.08. The zero-order valence-corrected chi connectivity index (χ0v) is 8.00. The number of hydrogen-bond acceptors (Lipinski definition) is 2. The van der Waals surface area contributed by atoms with Crippen LogP contribution in [0.15, 0.2) is 18.2 Å². The van der Waals surface area contributed by atoms with E-state index in [0.717, 1.165) is 5.75 Å². The van der Waals surface area contributed by atoms with Crippen molar-refractivity contribution in [1.82, 2.24) is 0 Å². The third kappa shape index (κ3) is 3.16. The summed E-state index contributed by atoms with van der Waals surface area (Å²) in [7, 11) is 0. The molecule has 0 aliphatic heterocycles. The van der Waals surface area contributed by atoms with E-state index >= 15 is 0 Å². The summed E-state index contributed by atoms with van der Waals surface area (Å²) in [5.74, 6) is 0.854. The number of nitriles is 1. The molecule has 2 heteroatoms. The number of ether oxygens (including phenoxy) is 1. The summed E-state index contributed by atoms with van der Waals surface area (Å²) in [5, 5.41) is 8.32. The molecule has 0 aliphatic carbocycles. The van der Waals surface area contributed by atoms with E-state index in [9.17, 15) is 0 Å². The molecule has 0 aromatic heterocycles. The zero-order chi connectivity index (χ0) is 9.68. The molecule has 0 radical (unpaired) electrons. The third-order valence-corrected chi connectivity index (χ3v) is 1.68. The Morgan fingerprint density at radius 3 is 2.38 bits per heavy atom. The number of hydrogen-bond donors (Lipinski definition) is 0. The molecule has 0 spiro atoms. The summed E-state index contributed by atoms with van der Waals surface area (Å²) in [6.07, 6.45) is 0.437. The average molecular weight is 175 g/mol. The Morgan fingerprint density at radius 2 is 1.85 bits per heavy atom. The Hall–Kier alpha value is -1.49. The molecule has 0 aliphatic rings. The van der Waals surface area contributed by atoms with E-state index in [0.29, 0.717) is 13.0 Å². The van der Waals surface area contributed by atoms with Crippen molar-refractivity contribution in [2.45, 2.75) is 20.3 Å². The topological polar surface area (TPSA) is 33.0 Å². The van der Waals surface area contributed by atoms with Gasteiger partial charge in [-0.3, -0.25) is 0 Å². The van der Waals surface area contributed by atoms with Crippen LogP contribution >= 0.6 is 0 Å². The molecule has 1 aromatic carbocycles. The molecule has 0 saturated carbocycles. The highest BCUT2D eigenvalue weighted by Gasteiger charge is 1.95. The first kappa shape index (κ1) is 9.60. The lowest BCUT2D eigenvalue weighted by Crippen LogP contribution is -1.96. The predicted molar refractivity (Wildman–Crippen MR) is 51.6 cm³/mol. The van der Waals surface area contributed by atoms with Crippen molar-refractivity contribution in [3.05, 3.63) is 29.3 Å². The lowest BCUT2D eigenvalue weighted by molar-refractivity contribution is 0.326. The first-order chi connectivity index (χ1) is 6.22. The summed E-state index contributed by atoms with van der Waals surface area (Å²) in [4.78, 5) is 0. The Bertz CT molecular complexity index is 305. The molecule has 2 nitrogen and oxygen atoms in total. The quantitative estimate of drug-likeness (QED) is 0.661. The average Bonchev–Trinajstić information content (AvgIpc) is 2.03. The summed E-state index contributed by atoms with van der Waals surface area (Å²) < 4.78 is 5.39. The van der Waals surface area contributed by atoms with Crippen LogP contribution in [0.25, 0.3) is 0 Å². The molecule has 68 valence electrons. The van der Waals surface area contributed by atoms with Crippen molar-refractivity contribution in [1.29, 1.82) is 5.26 Å². The Morgan fingerprint density at radius 1 is 1.23 bits per heavy atom. The van der Waals surface area contributed by atoms with Gasteiger partial charge in [-0.15, -0.1) is 0 Å². The molecule has 0 amide bonds. The standard InChI is InChI=1S/C11H13NO/c1-9-6-10(2)8-11(7-9)13-5-3-4-12/h6-8H,3,5H2,1-2H3. The minimum atomic E-state index is 0.437. The van der Waals surface area contributed by atoms with E-state index < -0.39 is 0 Å². The Labute approximate surface area is 78.8 Å². The summed E-state index contributed by atoms with van der Waals surface area (Å²) in [6, 6.07) is 8.09. The smallest absolute Gasteiger partial charge is 0.119 e. The molecule has 0 heterocycles. The minimum Gasteiger partial charge on any atom is -0.493 e. The number of aryl methyl sites for hydroxylation is 2. The number of nitrogens with zero attached hydrogens (tertiary/aromatic N) is 1. The summed E-state index contributed by atoms with van der Waals surface area (Å²) in [6.45, 7) is 4.54. The van der Waals surface area contributed by atoms with E-state index in [2.05, 4.69) is 6.07 Å². The molecule has 0 saturated heterocycles. The van der Waals surface area contributed by atoms with E-state index in [-0.39, 0.29) is 0 Å². The molecule has 0 atom stereocenters. The largest absolute Gasteiger partial charge is 0.493 e. The van der Waals surface area contributed by atoms with Crippen LogP contribution in [0.1, 0.15) is 17.5 Å². The second-order valence-corrected chi connectivity index (χ2v) is 3.08. The molecule has 0 unspecified atom stereocenters. The van der Waals surface area contributed by atoms with Crippen molar-refractivity contribution < 1.29 is 4.74 Å². The fraction of sp³-hybridized carbons (Fsp3) is 0.364. The number of benzene rings is 1. The highest BCUT2D eigenvalue weighted by atomic mass is 16.5. The van der Waals surface area contributed by atoms with E-state index in [1.165, 1.54) is 11.1 Å². The molecular formula is C11H13NO. The van der Waals surface area contributed by atoms with Gasteiger partial charge in [0.15, 0.2) is 0 Å². The van der Waals surface area contributed by atoms with E-state index in [1.54, 1.807) is 0 Å². The van der Waals surface area contributed by atoms with Crippen molar-refractivity contribution >= 4 is 0 Å². The highest BCUT2D eigenvalue weighted by Crippen LogP contribution is 2.16. The van der Waals surface area contributed by atoms with Crippen LogP contribution in [-0.2, 0) is 0 Å². The molecule has 1 rings (SSSR count). The van der Waals surface area contributed by atoms with Crippen LogP contribution in [0, 0.1) is 25.2 Å². The highest BCUT2D eigenvalue weighted by molar-refractivity contribution is 5.32. The number of rotatable bonds is 3. The maximum Gasteiger partial charge on any atom is 0.119 e. The first-order valence-corrected chi connectivity index (χ1v) is 4.30. The van der Waals surface area contributed by atoms with Crippen molar-refractivity contribution in [3.63, 3.8) is 0 Å². The van der Waals surface area contributed by atoms with E-state index in [4.69, 9.17) is 10.00 Å². The maximum atomic E-state index is 8.32. The van der Waals surface area contributed by atoms with Gasteiger partial charge < -0.3 is 4.74 Å². The van der Waals surface area contributed by atoms with E-state index in [1.807, 2.05) is 32.0 Å². The Kier molecular flexibility index (Phi) is 3.33. The van der Waals surface area contributed by atoms with Crippen LogP contribution in [0.3, 0.4) is 0 Å². The fourth-order valence-corrected chi connectivity index (χ4v) is 1.23. The lowest BCUT2D eigenvalue weighted by atomic mass is 10.1. The monoisotopic (exact) mass is 175 g/mol.